The molecule has 6 nitrogen and oxygen atoms in total. The zero-order valence-corrected chi connectivity index (χ0v) is 18.6. The highest BCUT2D eigenvalue weighted by Crippen LogP contribution is 2.32. The van der Waals surface area contributed by atoms with Crippen molar-refractivity contribution in [3.8, 4) is 11.5 Å². The number of fused-ring (bicyclic) bond motifs is 1. The molecule has 6 heteroatoms. The molecule has 166 valence electrons. The van der Waals surface area contributed by atoms with Crippen molar-refractivity contribution >= 4 is 11.8 Å². The number of nitrogens with zero attached hydrogens (tertiary/aromatic N) is 1. The van der Waals surface area contributed by atoms with Crippen LogP contribution in [0.25, 0.3) is 0 Å². The van der Waals surface area contributed by atoms with Gasteiger partial charge in [-0.15, -0.1) is 0 Å². The monoisotopic (exact) mass is 424 g/mol. The Kier molecular flexibility index (Phi) is 7.93. The minimum atomic E-state index is -0.490. The minimum absolute atomic E-state index is 0.0299. The molecule has 2 aromatic carbocycles. The summed E-state index contributed by atoms with van der Waals surface area (Å²) in [4.78, 5) is 27.8. The van der Waals surface area contributed by atoms with Crippen LogP contribution in [-0.2, 0) is 22.6 Å². The number of carbonyl (C=O) groups is 2. The predicted octanol–water partition coefficient (Wildman–Crippen LogP) is 3.99. The standard InChI is InChI=1S/C25H32N2O4/c1-4-13-26-25(29)21(5-2)27(16-20-8-6-7-18(3)14-20)24(28)12-10-19-9-11-22-23(15-19)31-17-30-22/h6-9,11,14-15,21H,4-5,10,12-13,16-17H2,1-3H3,(H,26,29)/t21-/m1/s1. The molecule has 0 radical (unpaired) electrons. The highest BCUT2D eigenvalue weighted by atomic mass is 16.7. The van der Waals surface area contributed by atoms with E-state index in [0.29, 0.717) is 38.1 Å². The van der Waals surface area contributed by atoms with Crippen LogP contribution in [0.5, 0.6) is 11.5 Å². The molecule has 0 saturated carbocycles. The topological polar surface area (TPSA) is 67.9 Å². The molecule has 1 atom stereocenters. The van der Waals surface area contributed by atoms with Gasteiger partial charge in [-0.3, -0.25) is 9.59 Å². The number of amides is 2. The number of ether oxygens (including phenoxy) is 2. The second kappa shape index (κ2) is 10.8. The van der Waals surface area contributed by atoms with E-state index in [1.165, 1.54) is 0 Å². The molecule has 1 N–H and O–H groups in total. The second-order valence-corrected chi connectivity index (χ2v) is 7.91. The second-order valence-electron chi connectivity index (χ2n) is 7.91. The van der Waals surface area contributed by atoms with Crippen molar-refractivity contribution in [3.63, 3.8) is 0 Å². The van der Waals surface area contributed by atoms with E-state index < -0.39 is 6.04 Å². The Morgan fingerprint density at radius 2 is 1.87 bits per heavy atom. The maximum atomic E-state index is 13.3. The van der Waals surface area contributed by atoms with Crippen LogP contribution in [0.2, 0.25) is 0 Å². The molecule has 0 bridgehead atoms. The molecular formula is C25H32N2O4. The van der Waals surface area contributed by atoms with E-state index in [4.69, 9.17) is 9.47 Å². The van der Waals surface area contributed by atoms with Gasteiger partial charge in [-0.25, -0.2) is 0 Å². The summed E-state index contributed by atoms with van der Waals surface area (Å²) < 4.78 is 10.8. The average Bonchev–Trinajstić information content (AvgIpc) is 3.23. The molecule has 0 fully saturated rings. The van der Waals surface area contributed by atoms with Gasteiger partial charge < -0.3 is 19.7 Å². The quantitative estimate of drug-likeness (QED) is 0.626. The Hall–Kier alpha value is -3.02. The number of rotatable bonds is 10. The Morgan fingerprint density at radius 3 is 2.61 bits per heavy atom. The normalized spacial score (nSPS) is 13.0. The Labute approximate surface area is 184 Å². The number of carbonyl (C=O) groups excluding carboxylic acids is 2. The first-order valence-corrected chi connectivity index (χ1v) is 11.0. The zero-order valence-electron chi connectivity index (χ0n) is 18.6. The molecule has 0 aromatic heterocycles. The summed E-state index contributed by atoms with van der Waals surface area (Å²) in [6.07, 6.45) is 2.32. The number of hydrogen-bond acceptors (Lipinski definition) is 4. The molecule has 0 aliphatic carbocycles. The molecule has 2 aromatic rings. The van der Waals surface area contributed by atoms with Crippen molar-refractivity contribution in [1.29, 1.82) is 0 Å². The van der Waals surface area contributed by atoms with Gasteiger partial charge in [0.15, 0.2) is 11.5 Å². The van der Waals surface area contributed by atoms with E-state index in [9.17, 15) is 9.59 Å². The summed E-state index contributed by atoms with van der Waals surface area (Å²) in [6, 6.07) is 13.3. The van der Waals surface area contributed by atoms with Crippen LogP contribution >= 0.6 is 0 Å². The fraction of sp³-hybridized carbons (Fsp3) is 0.440. The number of benzene rings is 2. The number of nitrogens with one attached hydrogen (secondary N) is 1. The SMILES string of the molecule is CCCNC(=O)[C@@H](CC)N(Cc1cccc(C)c1)C(=O)CCc1ccc2c(c1)OCO2. The third-order valence-electron chi connectivity index (χ3n) is 5.44. The summed E-state index contributed by atoms with van der Waals surface area (Å²) in [5.74, 6) is 1.33. The molecule has 31 heavy (non-hydrogen) atoms. The van der Waals surface area contributed by atoms with Crippen LogP contribution < -0.4 is 14.8 Å². The summed E-state index contributed by atoms with van der Waals surface area (Å²) in [5, 5.41) is 2.95. The molecule has 3 rings (SSSR count). The van der Waals surface area contributed by atoms with Crippen LogP contribution in [0.15, 0.2) is 42.5 Å². The van der Waals surface area contributed by atoms with Gasteiger partial charge in [-0.1, -0.05) is 49.7 Å². The lowest BCUT2D eigenvalue weighted by Crippen LogP contribution is -2.49. The maximum Gasteiger partial charge on any atom is 0.242 e. The molecule has 0 saturated heterocycles. The lowest BCUT2D eigenvalue weighted by atomic mass is 10.0. The van der Waals surface area contributed by atoms with Crippen LogP contribution in [0.3, 0.4) is 0 Å². The van der Waals surface area contributed by atoms with Gasteiger partial charge >= 0.3 is 0 Å². The lowest BCUT2D eigenvalue weighted by molar-refractivity contribution is -0.141. The third-order valence-corrected chi connectivity index (χ3v) is 5.44. The number of aryl methyl sites for hydroxylation is 2. The maximum absolute atomic E-state index is 13.3. The van der Waals surface area contributed by atoms with Gasteiger partial charge in [0, 0.05) is 19.5 Å². The van der Waals surface area contributed by atoms with Crippen molar-refractivity contribution in [2.24, 2.45) is 0 Å². The summed E-state index contributed by atoms with van der Waals surface area (Å²) in [7, 11) is 0. The lowest BCUT2D eigenvalue weighted by Gasteiger charge is -2.31. The van der Waals surface area contributed by atoms with Crippen LogP contribution in [0.1, 0.15) is 49.8 Å². The fourth-order valence-electron chi connectivity index (χ4n) is 3.78. The van der Waals surface area contributed by atoms with Crippen molar-refractivity contribution in [3.05, 3.63) is 59.2 Å². The average molecular weight is 425 g/mol. The highest BCUT2D eigenvalue weighted by Gasteiger charge is 2.28. The van der Waals surface area contributed by atoms with Crippen molar-refractivity contribution < 1.29 is 19.1 Å². The fourth-order valence-corrected chi connectivity index (χ4v) is 3.78. The Bertz CT molecular complexity index is 912. The van der Waals surface area contributed by atoms with E-state index in [1.54, 1.807) is 4.90 Å². The first-order valence-electron chi connectivity index (χ1n) is 11.0. The van der Waals surface area contributed by atoms with E-state index in [2.05, 4.69) is 11.4 Å². The first kappa shape index (κ1) is 22.7. The number of hydrogen-bond donors (Lipinski definition) is 1. The van der Waals surface area contributed by atoms with E-state index in [0.717, 1.165) is 28.9 Å². The molecular weight excluding hydrogens is 392 g/mol. The van der Waals surface area contributed by atoms with Gasteiger partial charge in [0.1, 0.15) is 6.04 Å². The molecule has 1 heterocycles. The van der Waals surface area contributed by atoms with E-state index >= 15 is 0 Å². The summed E-state index contributed by atoms with van der Waals surface area (Å²) >= 11 is 0. The highest BCUT2D eigenvalue weighted by molar-refractivity contribution is 5.87. The minimum Gasteiger partial charge on any atom is -0.454 e. The van der Waals surface area contributed by atoms with Crippen LogP contribution in [0.4, 0.5) is 0 Å². The van der Waals surface area contributed by atoms with Crippen molar-refractivity contribution in [2.75, 3.05) is 13.3 Å². The molecule has 1 aliphatic rings. The summed E-state index contributed by atoms with van der Waals surface area (Å²) in [6.45, 7) is 7.25. The Morgan fingerprint density at radius 1 is 1.06 bits per heavy atom. The zero-order chi connectivity index (χ0) is 22.2. The first-order chi connectivity index (χ1) is 15.0. The van der Waals surface area contributed by atoms with Crippen molar-refractivity contribution in [2.45, 2.75) is 59.0 Å². The summed E-state index contributed by atoms with van der Waals surface area (Å²) in [5.41, 5.74) is 3.17. The van der Waals surface area contributed by atoms with E-state index in [1.807, 2.05) is 57.2 Å². The van der Waals surface area contributed by atoms with E-state index in [-0.39, 0.29) is 18.6 Å². The predicted molar refractivity (Wildman–Crippen MR) is 120 cm³/mol. The van der Waals surface area contributed by atoms with Gasteiger partial charge in [0.05, 0.1) is 0 Å². The van der Waals surface area contributed by atoms with Gasteiger partial charge in [0.2, 0.25) is 18.6 Å². The molecule has 0 spiro atoms. The van der Waals surface area contributed by atoms with Gasteiger partial charge in [0.25, 0.3) is 0 Å². The van der Waals surface area contributed by atoms with Crippen molar-refractivity contribution in [1.82, 2.24) is 10.2 Å². The smallest absolute Gasteiger partial charge is 0.242 e. The van der Waals surface area contributed by atoms with Gasteiger partial charge in [-0.2, -0.15) is 0 Å². The molecule has 1 aliphatic heterocycles. The van der Waals surface area contributed by atoms with Gasteiger partial charge in [-0.05, 0) is 49.4 Å². The largest absolute Gasteiger partial charge is 0.454 e. The Balaban J connectivity index is 1.74. The van der Waals surface area contributed by atoms with Crippen LogP contribution in [-0.4, -0.2) is 36.1 Å². The van der Waals surface area contributed by atoms with Crippen LogP contribution in [0, 0.1) is 6.92 Å². The molecule has 0 unspecified atom stereocenters. The molecule has 2 amide bonds. The third kappa shape index (κ3) is 6.00.